The number of likely N-dealkylation sites (tertiary alicyclic amines) is 1. The molecule has 0 saturated carbocycles. The van der Waals surface area contributed by atoms with Gasteiger partial charge in [0.15, 0.2) is 0 Å². The smallest absolute Gasteiger partial charge is 0.328 e. The second-order valence-corrected chi connectivity index (χ2v) is 9.06. The predicted octanol–water partition coefficient (Wildman–Crippen LogP) is 1.71. The van der Waals surface area contributed by atoms with Crippen LogP contribution >= 0.6 is 0 Å². The molecule has 0 radical (unpaired) electrons. The number of ether oxygens (including phenoxy) is 2. The molecule has 0 aliphatic carbocycles. The summed E-state index contributed by atoms with van der Waals surface area (Å²) in [5.74, 6) is -0.904. The van der Waals surface area contributed by atoms with Gasteiger partial charge in [0.1, 0.15) is 12.1 Å². The minimum atomic E-state index is -0.917. The Bertz CT molecular complexity index is 860. The van der Waals surface area contributed by atoms with E-state index in [-0.39, 0.29) is 12.5 Å². The second kappa shape index (κ2) is 10.1. The lowest BCUT2D eigenvalue weighted by Crippen LogP contribution is -2.57. The molecule has 1 aromatic rings. The number of amides is 3. The van der Waals surface area contributed by atoms with Gasteiger partial charge in [0.05, 0.1) is 13.7 Å². The number of piperidine rings is 1. The zero-order chi connectivity index (χ0) is 23.4. The van der Waals surface area contributed by atoms with Gasteiger partial charge in [-0.25, -0.2) is 4.79 Å². The van der Waals surface area contributed by atoms with E-state index in [2.05, 4.69) is 38.8 Å². The Kier molecular flexibility index (Phi) is 7.19. The van der Waals surface area contributed by atoms with Crippen LogP contribution in [0.5, 0.6) is 0 Å². The molecular formula is C24H34N4O5. The number of benzene rings is 1. The van der Waals surface area contributed by atoms with Gasteiger partial charge in [0, 0.05) is 52.1 Å². The van der Waals surface area contributed by atoms with Crippen LogP contribution in [0.15, 0.2) is 24.3 Å². The van der Waals surface area contributed by atoms with Gasteiger partial charge >= 0.3 is 12.0 Å². The number of hydrogen-bond acceptors (Lipinski definition) is 7. The van der Waals surface area contributed by atoms with Gasteiger partial charge in [-0.15, -0.1) is 0 Å². The number of imide groups is 1. The maximum Gasteiger partial charge on any atom is 0.328 e. The molecule has 0 aromatic heterocycles. The summed E-state index contributed by atoms with van der Waals surface area (Å²) in [6, 6.07) is 8.33. The normalized spacial score (nSPS) is 20.8. The zero-order valence-corrected chi connectivity index (χ0v) is 19.6. The maximum atomic E-state index is 13.3. The summed E-state index contributed by atoms with van der Waals surface area (Å²) in [7, 11) is 2.82. The Morgan fingerprint density at radius 2 is 1.67 bits per heavy atom. The first-order valence-corrected chi connectivity index (χ1v) is 11.7. The largest absolute Gasteiger partial charge is 0.468 e. The average molecular weight is 459 g/mol. The van der Waals surface area contributed by atoms with E-state index in [1.807, 2.05) is 0 Å². The van der Waals surface area contributed by atoms with Crippen molar-refractivity contribution in [2.24, 2.45) is 0 Å². The van der Waals surface area contributed by atoms with Crippen molar-refractivity contribution in [3.05, 3.63) is 29.8 Å². The van der Waals surface area contributed by atoms with Gasteiger partial charge in [-0.3, -0.25) is 19.4 Å². The van der Waals surface area contributed by atoms with E-state index >= 15 is 0 Å². The van der Waals surface area contributed by atoms with Crippen LogP contribution in [0, 0.1) is 0 Å². The Labute approximate surface area is 195 Å². The molecule has 3 saturated heterocycles. The van der Waals surface area contributed by atoms with Crippen molar-refractivity contribution in [1.82, 2.24) is 14.7 Å². The van der Waals surface area contributed by atoms with Crippen LogP contribution < -0.4 is 4.90 Å². The number of anilines is 1. The van der Waals surface area contributed by atoms with Crippen molar-refractivity contribution < 1.29 is 23.9 Å². The van der Waals surface area contributed by atoms with Crippen LogP contribution in [0.25, 0.3) is 0 Å². The number of esters is 1. The van der Waals surface area contributed by atoms with Crippen LogP contribution in [0.1, 0.15) is 31.2 Å². The third kappa shape index (κ3) is 4.70. The molecule has 1 spiro atoms. The van der Waals surface area contributed by atoms with Crippen LogP contribution in [-0.2, 0) is 25.6 Å². The van der Waals surface area contributed by atoms with Gasteiger partial charge in [0.25, 0.3) is 5.91 Å². The lowest BCUT2D eigenvalue weighted by molar-refractivity contribution is -0.146. The van der Waals surface area contributed by atoms with E-state index in [4.69, 9.17) is 4.74 Å². The first kappa shape index (κ1) is 23.5. The molecule has 0 unspecified atom stereocenters. The standard InChI is InChI=1S/C24H34N4O5/c1-32-16-15-28-23(31)27(18-21(29)33-2)22(30)24(28)9-13-25(14-10-24)17-19-5-7-20(8-6-19)26-11-3-4-12-26/h5-8H,3-4,9-18H2,1-2H3. The number of urea groups is 1. The molecule has 9 nitrogen and oxygen atoms in total. The second-order valence-electron chi connectivity index (χ2n) is 9.06. The van der Waals surface area contributed by atoms with Crippen molar-refractivity contribution in [1.29, 1.82) is 0 Å². The van der Waals surface area contributed by atoms with E-state index in [1.54, 1.807) is 12.0 Å². The first-order valence-electron chi connectivity index (χ1n) is 11.7. The van der Waals surface area contributed by atoms with Crippen molar-refractivity contribution in [2.45, 2.75) is 37.8 Å². The number of rotatable bonds is 8. The van der Waals surface area contributed by atoms with Crippen LogP contribution in [0.3, 0.4) is 0 Å². The molecule has 180 valence electrons. The highest BCUT2D eigenvalue weighted by molar-refractivity contribution is 6.08. The van der Waals surface area contributed by atoms with Crippen LogP contribution in [0.4, 0.5) is 10.5 Å². The van der Waals surface area contributed by atoms with Gasteiger partial charge < -0.3 is 19.3 Å². The summed E-state index contributed by atoms with van der Waals surface area (Å²) in [6.45, 7) is 4.76. The summed E-state index contributed by atoms with van der Waals surface area (Å²) in [4.78, 5) is 45.5. The molecule has 33 heavy (non-hydrogen) atoms. The van der Waals surface area contributed by atoms with Gasteiger partial charge in [-0.2, -0.15) is 0 Å². The minimum absolute atomic E-state index is 0.302. The molecule has 3 heterocycles. The number of nitrogens with zero attached hydrogens (tertiary/aromatic N) is 4. The molecule has 0 atom stereocenters. The number of carbonyl (C=O) groups excluding carboxylic acids is 3. The summed E-state index contributed by atoms with van der Waals surface area (Å²) in [5.41, 5.74) is 1.61. The van der Waals surface area contributed by atoms with Crippen molar-refractivity contribution in [2.75, 3.05) is 65.0 Å². The lowest BCUT2D eigenvalue weighted by Gasteiger charge is -2.42. The molecule has 4 rings (SSSR count). The lowest BCUT2D eigenvalue weighted by atomic mass is 9.85. The average Bonchev–Trinajstić information content (AvgIpc) is 3.43. The third-order valence-electron chi connectivity index (χ3n) is 7.15. The predicted molar refractivity (Wildman–Crippen MR) is 123 cm³/mol. The molecule has 3 aliphatic heterocycles. The summed E-state index contributed by atoms with van der Waals surface area (Å²) >= 11 is 0. The molecule has 1 aromatic carbocycles. The van der Waals surface area contributed by atoms with E-state index in [0.29, 0.717) is 39.1 Å². The molecule has 9 heteroatoms. The maximum absolute atomic E-state index is 13.3. The van der Waals surface area contributed by atoms with Crippen molar-refractivity contribution >= 4 is 23.6 Å². The highest BCUT2D eigenvalue weighted by Gasteiger charge is 2.58. The molecular weight excluding hydrogens is 424 g/mol. The Morgan fingerprint density at radius 1 is 1.00 bits per heavy atom. The summed E-state index contributed by atoms with van der Waals surface area (Å²) in [6.07, 6.45) is 3.59. The molecule has 0 bridgehead atoms. The van der Waals surface area contributed by atoms with E-state index in [1.165, 1.54) is 31.2 Å². The zero-order valence-electron chi connectivity index (χ0n) is 19.6. The summed E-state index contributed by atoms with van der Waals surface area (Å²) in [5, 5.41) is 0. The molecule has 3 amide bonds. The van der Waals surface area contributed by atoms with Gasteiger partial charge in [-0.05, 0) is 43.4 Å². The SMILES string of the molecule is COCCN1C(=O)N(CC(=O)OC)C(=O)C12CCN(Cc1ccc(N3CCCC3)cc1)CC2. The van der Waals surface area contributed by atoms with Gasteiger partial charge in [-0.1, -0.05) is 12.1 Å². The van der Waals surface area contributed by atoms with E-state index < -0.39 is 17.5 Å². The van der Waals surface area contributed by atoms with Gasteiger partial charge in [0.2, 0.25) is 0 Å². The quantitative estimate of drug-likeness (QED) is 0.433. The van der Waals surface area contributed by atoms with Crippen LogP contribution in [-0.4, -0.2) is 98.2 Å². The monoisotopic (exact) mass is 458 g/mol. The molecule has 3 aliphatic rings. The van der Waals surface area contributed by atoms with E-state index in [0.717, 1.165) is 24.5 Å². The fourth-order valence-electron chi connectivity index (χ4n) is 5.22. The number of hydrogen-bond donors (Lipinski definition) is 0. The fraction of sp³-hybridized carbons (Fsp3) is 0.625. The molecule has 3 fully saturated rings. The minimum Gasteiger partial charge on any atom is -0.468 e. The summed E-state index contributed by atoms with van der Waals surface area (Å²) < 4.78 is 9.86. The van der Waals surface area contributed by atoms with Crippen molar-refractivity contribution in [3.8, 4) is 0 Å². The molecule has 0 N–H and O–H groups in total. The Morgan fingerprint density at radius 3 is 2.27 bits per heavy atom. The Balaban J connectivity index is 1.41. The third-order valence-corrected chi connectivity index (χ3v) is 7.15. The first-order chi connectivity index (χ1) is 16.0. The number of methoxy groups -OCH3 is 2. The highest BCUT2D eigenvalue weighted by atomic mass is 16.5. The topological polar surface area (TPSA) is 82.6 Å². The number of carbonyl (C=O) groups is 3. The Hall–Kier alpha value is -2.65. The van der Waals surface area contributed by atoms with Crippen molar-refractivity contribution in [3.63, 3.8) is 0 Å². The fourth-order valence-corrected chi connectivity index (χ4v) is 5.22. The highest BCUT2D eigenvalue weighted by Crippen LogP contribution is 2.37. The van der Waals surface area contributed by atoms with E-state index in [9.17, 15) is 14.4 Å². The van der Waals surface area contributed by atoms with Crippen LogP contribution in [0.2, 0.25) is 0 Å².